The maximum Gasteiger partial charge on any atom is 0.337 e. The summed E-state index contributed by atoms with van der Waals surface area (Å²) < 4.78 is 6.86. The van der Waals surface area contributed by atoms with E-state index in [1.165, 1.54) is 18.2 Å². The normalized spacial score (nSPS) is 11.2. The number of esters is 1. The number of aromatic nitrogens is 4. The van der Waals surface area contributed by atoms with E-state index in [-0.39, 0.29) is 5.97 Å². The van der Waals surface area contributed by atoms with E-state index in [1.807, 2.05) is 24.3 Å². The fourth-order valence-corrected chi connectivity index (χ4v) is 4.48. The second-order valence-corrected chi connectivity index (χ2v) is 9.51. The number of carbonyl (C=O) groups is 1. The van der Waals surface area contributed by atoms with Crippen LogP contribution in [0.4, 0.5) is 0 Å². The van der Waals surface area contributed by atoms with E-state index < -0.39 is 0 Å². The van der Waals surface area contributed by atoms with Crippen LogP contribution in [0.15, 0.2) is 91.3 Å². The molecule has 0 amide bonds. The molecule has 2 aromatic heterocycles. The highest BCUT2D eigenvalue weighted by Gasteiger charge is 2.14. The molecule has 38 heavy (non-hydrogen) atoms. The Morgan fingerprint density at radius 2 is 1.66 bits per heavy atom. The molecule has 0 aliphatic carbocycles. The lowest BCUT2D eigenvalue weighted by atomic mass is 10.1. The van der Waals surface area contributed by atoms with Crippen LogP contribution in [-0.2, 0) is 30.8 Å². The van der Waals surface area contributed by atoms with E-state index >= 15 is 0 Å². The SMILES string of the molecule is COC(=O)c1ccc(Cn2cnnc2CN(CCc2ccc(C)cc2)Cc2ccc3ccccc3n2)cc1. The van der Waals surface area contributed by atoms with Crippen LogP contribution in [0.2, 0.25) is 0 Å². The first-order valence-electron chi connectivity index (χ1n) is 12.7. The monoisotopic (exact) mass is 505 g/mol. The summed E-state index contributed by atoms with van der Waals surface area (Å²) in [5.74, 6) is 0.541. The van der Waals surface area contributed by atoms with Gasteiger partial charge in [-0.05, 0) is 48.7 Å². The summed E-state index contributed by atoms with van der Waals surface area (Å²) >= 11 is 0. The average Bonchev–Trinajstić information content (AvgIpc) is 3.38. The zero-order chi connectivity index (χ0) is 26.3. The average molecular weight is 506 g/mol. The van der Waals surface area contributed by atoms with Gasteiger partial charge in [0, 0.05) is 18.5 Å². The second kappa shape index (κ2) is 11.8. The van der Waals surface area contributed by atoms with Crippen LogP contribution >= 0.6 is 0 Å². The number of methoxy groups -OCH3 is 1. The lowest BCUT2D eigenvalue weighted by molar-refractivity contribution is 0.0600. The van der Waals surface area contributed by atoms with Gasteiger partial charge in [0.05, 0.1) is 37.0 Å². The number of aryl methyl sites for hydroxylation is 1. The molecule has 0 saturated heterocycles. The van der Waals surface area contributed by atoms with Gasteiger partial charge in [-0.3, -0.25) is 9.88 Å². The second-order valence-electron chi connectivity index (χ2n) is 9.51. The Kier molecular flexibility index (Phi) is 7.85. The predicted molar refractivity (Wildman–Crippen MR) is 148 cm³/mol. The molecule has 0 radical (unpaired) electrons. The first-order chi connectivity index (χ1) is 18.6. The zero-order valence-electron chi connectivity index (χ0n) is 21.7. The van der Waals surface area contributed by atoms with Crippen molar-refractivity contribution in [3.05, 3.63) is 125 Å². The molecule has 0 atom stereocenters. The molecule has 0 aliphatic heterocycles. The van der Waals surface area contributed by atoms with Crippen LogP contribution in [0.5, 0.6) is 0 Å². The molecule has 0 fully saturated rings. The molecular weight excluding hydrogens is 474 g/mol. The molecule has 192 valence electrons. The van der Waals surface area contributed by atoms with Gasteiger partial charge in [-0.25, -0.2) is 4.79 Å². The molecule has 0 saturated carbocycles. The van der Waals surface area contributed by atoms with Crippen LogP contribution in [0, 0.1) is 6.92 Å². The van der Waals surface area contributed by atoms with Crippen molar-refractivity contribution in [1.29, 1.82) is 0 Å². The summed E-state index contributed by atoms with van der Waals surface area (Å²) in [6.07, 6.45) is 2.69. The number of para-hydroxylation sites is 1. The van der Waals surface area contributed by atoms with Crippen molar-refractivity contribution in [2.75, 3.05) is 13.7 Å². The van der Waals surface area contributed by atoms with Gasteiger partial charge in [0.1, 0.15) is 12.2 Å². The van der Waals surface area contributed by atoms with Gasteiger partial charge in [-0.2, -0.15) is 0 Å². The lowest BCUT2D eigenvalue weighted by Gasteiger charge is -2.22. The zero-order valence-corrected chi connectivity index (χ0v) is 21.7. The summed E-state index contributed by atoms with van der Waals surface area (Å²) in [6.45, 7) is 4.93. The third kappa shape index (κ3) is 6.30. The number of rotatable bonds is 10. The number of fused-ring (bicyclic) bond motifs is 1. The van der Waals surface area contributed by atoms with Crippen molar-refractivity contribution in [3.8, 4) is 0 Å². The Morgan fingerprint density at radius 1 is 0.895 bits per heavy atom. The molecule has 7 heteroatoms. The van der Waals surface area contributed by atoms with Gasteiger partial charge in [-0.1, -0.05) is 66.2 Å². The van der Waals surface area contributed by atoms with E-state index in [1.54, 1.807) is 18.5 Å². The molecular formula is C31H31N5O2. The fraction of sp³-hybridized carbons (Fsp3) is 0.226. The summed E-state index contributed by atoms with van der Waals surface area (Å²) in [5, 5.41) is 9.79. The van der Waals surface area contributed by atoms with Crippen molar-refractivity contribution in [1.82, 2.24) is 24.6 Å². The minimum absolute atomic E-state index is 0.340. The molecule has 5 aromatic rings. The molecule has 0 aliphatic rings. The van der Waals surface area contributed by atoms with Gasteiger partial charge in [0.2, 0.25) is 0 Å². The van der Waals surface area contributed by atoms with Crippen molar-refractivity contribution >= 4 is 16.9 Å². The van der Waals surface area contributed by atoms with Gasteiger partial charge in [-0.15, -0.1) is 10.2 Å². The highest BCUT2D eigenvalue weighted by Crippen LogP contribution is 2.16. The van der Waals surface area contributed by atoms with E-state index in [9.17, 15) is 4.79 Å². The maximum atomic E-state index is 11.8. The van der Waals surface area contributed by atoms with Crippen molar-refractivity contribution < 1.29 is 9.53 Å². The van der Waals surface area contributed by atoms with Crippen molar-refractivity contribution in [2.45, 2.75) is 33.0 Å². The Hall–Kier alpha value is -4.36. The third-order valence-corrected chi connectivity index (χ3v) is 6.67. The highest BCUT2D eigenvalue weighted by molar-refractivity contribution is 5.89. The molecule has 7 nitrogen and oxygen atoms in total. The molecule has 5 rings (SSSR count). The first-order valence-corrected chi connectivity index (χ1v) is 12.7. The Labute approximate surface area is 222 Å². The molecule has 0 unspecified atom stereocenters. The quantitative estimate of drug-likeness (QED) is 0.243. The Balaban J connectivity index is 1.34. The van der Waals surface area contributed by atoms with Crippen LogP contribution in [0.25, 0.3) is 10.9 Å². The number of benzene rings is 3. The number of carbonyl (C=O) groups excluding carboxylic acids is 1. The molecule has 2 heterocycles. The summed E-state index contributed by atoms with van der Waals surface area (Å²) in [7, 11) is 1.39. The molecule has 0 N–H and O–H groups in total. The largest absolute Gasteiger partial charge is 0.465 e. The number of pyridine rings is 1. The lowest BCUT2D eigenvalue weighted by Crippen LogP contribution is -2.27. The summed E-state index contributed by atoms with van der Waals surface area (Å²) in [6, 6.07) is 28.6. The number of ether oxygens (including phenoxy) is 1. The Morgan fingerprint density at radius 3 is 2.45 bits per heavy atom. The standard InChI is InChI=1S/C31H31N5O2/c1-23-7-9-24(10-8-23)17-18-35(20-28-16-15-26-5-3-4-6-29(26)33-28)21-30-34-32-22-36(30)19-25-11-13-27(14-12-25)31(37)38-2/h3-16,22H,17-21H2,1-2H3. The number of hydrogen-bond donors (Lipinski definition) is 0. The fourth-order valence-electron chi connectivity index (χ4n) is 4.48. The van der Waals surface area contributed by atoms with Gasteiger partial charge in [0.25, 0.3) is 0 Å². The maximum absolute atomic E-state index is 11.8. The smallest absolute Gasteiger partial charge is 0.337 e. The number of nitrogens with zero attached hydrogens (tertiary/aromatic N) is 5. The minimum Gasteiger partial charge on any atom is -0.465 e. The van der Waals surface area contributed by atoms with Gasteiger partial charge >= 0.3 is 5.97 Å². The Bertz CT molecular complexity index is 1510. The van der Waals surface area contributed by atoms with Gasteiger partial charge < -0.3 is 9.30 Å². The summed E-state index contributed by atoms with van der Waals surface area (Å²) in [4.78, 5) is 19.0. The molecule has 3 aromatic carbocycles. The first kappa shape index (κ1) is 25.3. The van der Waals surface area contributed by atoms with E-state index in [2.05, 4.69) is 75.1 Å². The third-order valence-electron chi connectivity index (χ3n) is 6.67. The topological polar surface area (TPSA) is 73.1 Å². The van der Waals surface area contributed by atoms with Crippen molar-refractivity contribution in [2.24, 2.45) is 0 Å². The van der Waals surface area contributed by atoms with Crippen molar-refractivity contribution in [3.63, 3.8) is 0 Å². The molecule has 0 spiro atoms. The van der Waals surface area contributed by atoms with E-state index in [4.69, 9.17) is 9.72 Å². The number of hydrogen-bond acceptors (Lipinski definition) is 6. The van der Waals surface area contributed by atoms with Crippen LogP contribution in [-0.4, -0.2) is 44.3 Å². The van der Waals surface area contributed by atoms with Crippen LogP contribution in [0.1, 0.15) is 38.6 Å². The van der Waals surface area contributed by atoms with E-state index in [0.29, 0.717) is 25.2 Å². The van der Waals surface area contributed by atoms with E-state index in [0.717, 1.165) is 41.0 Å². The minimum atomic E-state index is -0.340. The summed E-state index contributed by atoms with van der Waals surface area (Å²) in [5.41, 5.74) is 6.18. The molecule has 0 bridgehead atoms. The van der Waals surface area contributed by atoms with Gasteiger partial charge in [0.15, 0.2) is 0 Å². The van der Waals surface area contributed by atoms with Crippen LogP contribution < -0.4 is 0 Å². The van der Waals surface area contributed by atoms with Crippen LogP contribution in [0.3, 0.4) is 0 Å². The predicted octanol–water partition coefficient (Wildman–Crippen LogP) is 5.21. The highest BCUT2D eigenvalue weighted by atomic mass is 16.5.